The molecule has 1 aromatic rings. The van der Waals surface area contributed by atoms with E-state index in [-0.39, 0.29) is 0 Å². The van der Waals surface area contributed by atoms with E-state index in [2.05, 4.69) is 62.1 Å². The Kier molecular flexibility index (Phi) is 6.53. The Balaban J connectivity index is 1.86. The van der Waals surface area contributed by atoms with Crippen molar-refractivity contribution in [3.8, 4) is 0 Å². The van der Waals surface area contributed by atoms with Gasteiger partial charge >= 0.3 is 0 Å². The number of hydrogen-bond acceptors (Lipinski definition) is 2. The summed E-state index contributed by atoms with van der Waals surface area (Å²) in [5.41, 5.74) is 2.83. The van der Waals surface area contributed by atoms with E-state index in [4.69, 9.17) is 4.43 Å². The van der Waals surface area contributed by atoms with Gasteiger partial charge in [-0.3, -0.25) is 4.90 Å². The monoisotopic (exact) mass is 357 g/mol. The number of hydrogen-bond donors (Lipinski definition) is 0. The van der Waals surface area contributed by atoms with E-state index >= 15 is 0 Å². The summed E-state index contributed by atoms with van der Waals surface area (Å²) >= 11 is 0. The summed E-state index contributed by atoms with van der Waals surface area (Å²) in [6.07, 6.45) is 8.06. The van der Waals surface area contributed by atoms with E-state index < -0.39 is 8.32 Å². The molecular formula is C22H35NOSi. The molecule has 3 heteroatoms. The van der Waals surface area contributed by atoms with Crippen LogP contribution < -0.4 is 0 Å². The third-order valence-corrected chi connectivity index (χ3v) is 11.2. The van der Waals surface area contributed by atoms with Crippen molar-refractivity contribution in [3.63, 3.8) is 0 Å². The highest BCUT2D eigenvalue weighted by atomic mass is 28.4. The Morgan fingerprint density at radius 3 is 2.48 bits per heavy atom. The van der Waals surface area contributed by atoms with Crippen molar-refractivity contribution < 1.29 is 4.43 Å². The molecule has 0 amide bonds. The highest BCUT2D eigenvalue weighted by Gasteiger charge is 2.38. The molecule has 0 radical (unpaired) electrons. The fourth-order valence-corrected chi connectivity index (χ4v) is 7.45. The summed E-state index contributed by atoms with van der Waals surface area (Å²) in [7, 11) is -1.58. The Labute approximate surface area is 155 Å². The molecule has 0 aromatic heterocycles. The van der Waals surface area contributed by atoms with Crippen molar-refractivity contribution in [2.75, 3.05) is 13.1 Å². The largest absolute Gasteiger partial charge is 0.410 e. The van der Waals surface area contributed by atoms with Gasteiger partial charge in [-0.05, 0) is 55.1 Å². The molecule has 0 saturated carbocycles. The minimum absolute atomic E-state index is 0.339. The molecule has 2 nitrogen and oxygen atoms in total. The van der Waals surface area contributed by atoms with Crippen LogP contribution in [0.3, 0.4) is 0 Å². The maximum Gasteiger partial charge on any atom is 0.192 e. The van der Waals surface area contributed by atoms with Crippen LogP contribution in [-0.4, -0.2) is 38.5 Å². The summed E-state index contributed by atoms with van der Waals surface area (Å²) in [6, 6.07) is 15.3. The molecule has 0 bridgehead atoms. The van der Waals surface area contributed by atoms with E-state index in [9.17, 15) is 0 Å². The first-order chi connectivity index (χ1) is 12.2. The van der Waals surface area contributed by atoms with Crippen molar-refractivity contribution >= 4 is 14.4 Å². The van der Waals surface area contributed by atoms with Crippen LogP contribution in [0.15, 0.2) is 35.9 Å². The second-order valence-corrected chi connectivity index (χ2v) is 12.6. The van der Waals surface area contributed by atoms with E-state index in [1.165, 1.54) is 61.5 Å². The first kappa shape index (κ1) is 18.9. The molecule has 0 N–H and O–H groups in total. The lowest BCUT2D eigenvalue weighted by Gasteiger charge is -2.46. The standard InChI is InChI=1S/C22H35NOSi/c1-4-25(5-2,6-3)24-22-17-21-14-10-11-15-23(21)18-20(22)16-19-12-8-7-9-13-19/h7-9,12-13,16,21-22H,4-6,10-11,14-15,17-18H2,1-3H3/b20-16+/t21?,22-/m1/s1. The van der Waals surface area contributed by atoms with Crippen LogP contribution >= 0.6 is 0 Å². The summed E-state index contributed by atoms with van der Waals surface area (Å²) in [5, 5.41) is 0. The van der Waals surface area contributed by atoms with Crippen LogP contribution in [0.4, 0.5) is 0 Å². The second kappa shape index (κ2) is 8.66. The van der Waals surface area contributed by atoms with Crippen molar-refractivity contribution in [1.29, 1.82) is 0 Å². The van der Waals surface area contributed by atoms with Gasteiger partial charge in [-0.25, -0.2) is 0 Å². The summed E-state index contributed by atoms with van der Waals surface area (Å²) in [5.74, 6) is 0. The highest BCUT2D eigenvalue weighted by Crippen LogP contribution is 2.35. The van der Waals surface area contributed by atoms with E-state index in [0.717, 1.165) is 12.6 Å². The molecule has 2 saturated heterocycles. The quantitative estimate of drug-likeness (QED) is 0.604. The Morgan fingerprint density at radius 1 is 1.08 bits per heavy atom. The van der Waals surface area contributed by atoms with Crippen LogP contribution in [-0.2, 0) is 4.43 Å². The van der Waals surface area contributed by atoms with Crippen LogP contribution in [0.2, 0.25) is 18.1 Å². The fourth-order valence-electron chi connectivity index (χ4n) is 4.60. The molecule has 0 spiro atoms. The van der Waals surface area contributed by atoms with Gasteiger partial charge < -0.3 is 4.43 Å². The average molecular weight is 358 g/mol. The smallest absolute Gasteiger partial charge is 0.192 e. The Bertz CT molecular complexity index is 558. The normalized spacial score (nSPS) is 26.6. The van der Waals surface area contributed by atoms with Gasteiger partial charge in [-0.1, -0.05) is 63.6 Å². The van der Waals surface area contributed by atoms with Crippen molar-refractivity contribution in [2.24, 2.45) is 0 Å². The van der Waals surface area contributed by atoms with Crippen molar-refractivity contribution in [1.82, 2.24) is 4.90 Å². The average Bonchev–Trinajstić information content (AvgIpc) is 2.67. The number of fused-ring (bicyclic) bond motifs is 1. The second-order valence-electron chi connectivity index (χ2n) is 7.84. The predicted octanol–water partition coefficient (Wildman–Crippen LogP) is 5.72. The van der Waals surface area contributed by atoms with E-state index in [1.807, 2.05) is 0 Å². The third kappa shape index (κ3) is 4.44. The number of piperidine rings is 2. The molecule has 2 aliphatic heterocycles. The molecule has 3 rings (SSSR count). The van der Waals surface area contributed by atoms with Gasteiger partial charge in [0.05, 0.1) is 6.10 Å². The Morgan fingerprint density at radius 2 is 1.80 bits per heavy atom. The fraction of sp³-hybridized carbons (Fsp3) is 0.636. The zero-order valence-electron chi connectivity index (χ0n) is 16.3. The molecule has 25 heavy (non-hydrogen) atoms. The predicted molar refractivity (Wildman–Crippen MR) is 110 cm³/mol. The molecule has 1 aromatic carbocycles. The lowest BCUT2D eigenvalue weighted by molar-refractivity contribution is 0.0687. The minimum atomic E-state index is -1.58. The van der Waals surface area contributed by atoms with Gasteiger partial charge in [0.1, 0.15) is 0 Å². The van der Waals surface area contributed by atoms with Gasteiger partial charge in [0.25, 0.3) is 0 Å². The van der Waals surface area contributed by atoms with Crippen LogP contribution in [0.5, 0.6) is 0 Å². The number of benzene rings is 1. The first-order valence-electron chi connectivity index (χ1n) is 10.4. The molecule has 2 heterocycles. The summed E-state index contributed by atoms with van der Waals surface area (Å²) < 4.78 is 7.00. The molecule has 2 fully saturated rings. The summed E-state index contributed by atoms with van der Waals surface area (Å²) in [4.78, 5) is 2.71. The molecular weight excluding hydrogens is 322 g/mol. The molecule has 138 valence electrons. The van der Waals surface area contributed by atoms with Crippen LogP contribution in [0.1, 0.15) is 52.0 Å². The first-order valence-corrected chi connectivity index (χ1v) is 12.9. The topological polar surface area (TPSA) is 12.5 Å². The van der Waals surface area contributed by atoms with Crippen LogP contribution in [0, 0.1) is 0 Å². The maximum atomic E-state index is 7.00. The van der Waals surface area contributed by atoms with Gasteiger partial charge in [0, 0.05) is 12.6 Å². The lowest BCUT2D eigenvalue weighted by atomic mass is 9.88. The van der Waals surface area contributed by atoms with Crippen molar-refractivity contribution in [2.45, 2.75) is 76.7 Å². The van der Waals surface area contributed by atoms with Crippen LogP contribution in [0.25, 0.3) is 6.08 Å². The molecule has 2 atom stereocenters. The number of rotatable bonds is 6. The van der Waals surface area contributed by atoms with Gasteiger partial charge in [-0.15, -0.1) is 0 Å². The zero-order chi connectivity index (χ0) is 17.7. The van der Waals surface area contributed by atoms with E-state index in [0.29, 0.717) is 6.10 Å². The maximum absolute atomic E-state index is 7.00. The lowest BCUT2D eigenvalue weighted by Crippen LogP contribution is -2.51. The zero-order valence-corrected chi connectivity index (χ0v) is 17.3. The third-order valence-electron chi connectivity index (χ3n) is 6.51. The minimum Gasteiger partial charge on any atom is -0.410 e. The summed E-state index contributed by atoms with van der Waals surface area (Å²) in [6.45, 7) is 9.40. The highest BCUT2D eigenvalue weighted by molar-refractivity contribution is 6.73. The van der Waals surface area contributed by atoms with Crippen molar-refractivity contribution in [3.05, 3.63) is 41.5 Å². The number of nitrogens with zero attached hydrogens (tertiary/aromatic N) is 1. The van der Waals surface area contributed by atoms with Gasteiger partial charge in [-0.2, -0.15) is 0 Å². The SMILES string of the molecule is CC[Si](CC)(CC)O[C@@H]1CC2CCCCN2C/C1=C\c1ccccc1. The Hall–Kier alpha value is -0.903. The van der Waals surface area contributed by atoms with Gasteiger partial charge in [0.15, 0.2) is 8.32 Å². The molecule has 0 aliphatic carbocycles. The molecule has 2 aliphatic rings. The molecule has 1 unspecified atom stereocenters. The van der Waals surface area contributed by atoms with Gasteiger partial charge in [0.2, 0.25) is 0 Å². The van der Waals surface area contributed by atoms with E-state index in [1.54, 1.807) is 0 Å².